The molecule has 2 rings (SSSR count). The van der Waals surface area contributed by atoms with Gasteiger partial charge in [-0.3, -0.25) is 4.79 Å². The van der Waals surface area contributed by atoms with Crippen molar-refractivity contribution in [3.05, 3.63) is 41.6 Å². The van der Waals surface area contributed by atoms with Crippen molar-refractivity contribution in [1.82, 2.24) is 9.80 Å². The van der Waals surface area contributed by atoms with Crippen molar-refractivity contribution < 1.29 is 13.6 Å². The molecule has 1 saturated heterocycles. The first kappa shape index (κ1) is 17.9. The van der Waals surface area contributed by atoms with Crippen molar-refractivity contribution in [1.29, 1.82) is 5.26 Å². The number of anilines is 1. The van der Waals surface area contributed by atoms with Gasteiger partial charge >= 0.3 is 0 Å². The number of benzene rings is 1. The maximum atomic E-state index is 13.6. The molecule has 5 nitrogen and oxygen atoms in total. The number of hydrogen-bond acceptors (Lipinski definition) is 4. The van der Waals surface area contributed by atoms with Gasteiger partial charge in [-0.15, -0.1) is 0 Å². The number of rotatable bonds is 4. The van der Waals surface area contributed by atoms with Crippen LogP contribution in [0.3, 0.4) is 0 Å². The van der Waals surface area contributed by atoms with Crippen LogP contribution in [0.15, 0.2) is 30.0 Å². The van der Waals surface area contributed by atoms with Crippen LogP contribution in [0.25, 0.3) is 0 Å². The predicted octanol–water partition coefficient (Wildman–Crippen LogP) is 2.34. The fourth-order valence-corrected chi connectivity index (χ4v) is 2.64. The van der Waals surface area contributed by atoms with E-state index in [4.69, 9.17) is 0 Å². The summed E-state index contributed by atoms with van der Waals surface area (Å²) in [6, 6.07) is 4.82. The molecule has 0 radical (unpaired) electrons. The highest BCUT2D eigenvalue weighted by Crippen LogP contribution is 2.18. The minimum atomic E-state index is -0.666. The summed E-state index contributed by atoms with van der Waals surface area (Å²) in [4.78, 5) is 16.2. The summed E-state index contributed by atoms with van der Waals surface area (Å²) in [6.45, 7) is 1.78. The molecule has 24 heavy (non-hydrogen) atoms. The van der Waals surface area contributed by atoms with Crippen molar-refractivity contribution in [2.45, 2.75) is 18.9 Å². The Morgan fingerprint density at radius 2 is 2.08 bits per heavy atom. The number of piperidine rings is 1. The van der Waals surface area contributed by atoms with E-state index < -0.39 is 17.5 Å². The second-order valence-corrected chi connectivity index (χ2v) is 5.89. The molecular formula is C17H20F2N4O. The Bertz CT molecular complexity index is 676. The fourth-order valence-electron chi connectivity index (χ4n) is 2.64. The van der Waals surface area contributed by atoms with Gasteiger partial charge in [0.1, 0.15) is 23.3 Å². The third-order valence-electron chi connectivity index (χ3n) is 4.21. The van der Waals surface area contributed by atoms with E-state index >= 15 is 0 Å². The van der Waals surface area contributed by atoms with Gasteiger partial charge in [-0.05, 0) is 45.1 Å². The van der Waals surface area contributed by atoms with Crippen LogP contribution < -0.4 is 5.32 Å². The van der Waals surface area contributed by atoms with E-state index in [9.17, 15) is 18.8 Å². The molecule has 1 aromatic carbocycles. The maximum absolute atomic E-state index is 13.6. The molecule has 0 unspecified atom stereocenters. The van der Waals surface area contributed by atoms with Gasteiger partial charge in [-0.25, -0.2) is 8.78 Å². The molecule has 0 bridgehead atoms. The van der Waals surface area contributed by atoms with E-state index in [1.54, 1.807) is 11.9 Å². The first-order valence-corrected chi connectivity index (χ1v) is 7.70. The monoisotopic (exact) mass is 334 g/mol. The summed E-state index contributed by atoms with van der Waals surface area (Å²) < 4.78 is 26.7. The van der Waals surface area contributed by atoms with Crippen LogP contribution in [0, 0.1) is 23.0 Å². The van der Waals surface area contributed by atoms with Crippen LogP contribution in [0.1, 0.15) is 12.8 Å². The Morgan fingerprint density at radius 1 is 1.42 bits per heavy atom. The lowest BCUT2D eigenvalue weighted by Crippen LogP contribution is -2.44. The van der Waals surface area contributed by atoms with Crippen molar-refractivity contribution >= 4 is 11.6 Å². The zero-order valence-electron chi connectivity index (χ0n) is 13.7. The second kappa shape index (κ2) is 7.88. The highest BCUT2D eigenvalue weighted by Gasteiger charge is 2.25. The van der Waals surface area contributed by atoms with Gasteiger partial charge in [0.15, 0.2) is 0 Å². The Kier molecular flexibility index (Phi) is 5.88. The molecule has 128 valence electrons. The largest absolute Gasteiger partial charge is 0.358 e. The molecule has 1 aliphatic heterocycles. The minimum Gasteiger partial charge on any atom is -0.358 e. The maximum Gasteiger partial charge on any atom is 0.266 e. The quantitative estimate of drug-likeness (QED) is 0.678. The Morgan fingerprint density at radius 3 is 2.71 bits per heavy atom. The van der Waals surface area contributed by atoms with Crippen LogP contribution in [-0.4, -0.2) is 48.9 Å². The molecule has 7 heteroatoms. The Hall–Kier alpha value is -2.46. The first-order valence-electron chi connectivity index (χ1n) is 7.70. The molecule has 0 spiro atoms. The van der Waals surface area contributed by atoms with Crippen LogP contribution in [0.5, 0.6) is 0 Å². The van der Waals surface area contributed by atoms with E-state index in [0.717, 1.165) is 50.3 Å². The van der Waals surface area contributed by atoms with E-state index in [1.807, 2.05) is 13.1 Å². The molecule has 0 aliphatic carbocycles. The van der Waals surface area contributed by atoms with Gasteiger partial charge in [-0.2, -0.15) is 5.26 Å². The van der Waals surface area contributed by atoms with Gasteiger partial charge in [0.2, 0.25) is 0 Å². The van der Waals surface area contributed by atoms with Crippen molar-refractivity contribution in [2.75, 3.05) is 32.5 Å². The van der Waals surface area contributed by atoms with E-state index in [1.165, 1.54) is 0 Å². The highest BCUT2D eigenvalue weighted by molar-refractivity contribution is 5.97. The standard InChI is InChI=1S/C17H20F2N4O/c1-22-7-5-14(6-8-22)23(2)17(24)12(10-20)11-21-16-9-13(18)3-4-15(16)19/h3-4,9,11,14,21H,5-8H2,1-2H3/b12-11-. The number of hydrogen-bond donors (Lipinski definition) is 1. The number of halogens is 2. The first-order chi connectivity index (χ1) is 11.4. The molecule has 0 saturated carbocycles. The van der Waals surface area contributed by atoms with Gasteiger partial charge in [0.25, 0.3) is 5.91 Å². The van der Waals surface area contributed by atoms with Crippen molar-refractivity contribution in [3.63, 3.8) is 0 Å². The number of carbonyl (C=O) groups is 1. The molecule has 1 aromatic rings. The van der Waals surface area contributed by atoms with Gasteiger partial charge in [0, 0.05) is 25.4 Å². The predicted molar refractivity (Wildman–Crippen MR) is 87.0 cm³/mol. The Labute approximate surface area is 140 Å². The summed E-state index contributed by atoms with van der Waals surface area (Å²) in [7, 11) is 3.68. The normalized spacial score (nSPS) is 16.5. The SMILES string of the molecule is CN1CCC(N(C)C(=O)/C(C#N)=C\Nc2cc(F)ccc2F)CC1. The number of carbonyl (C=O) groups excluding carboxylic acids is 1. The van der Waals surface area contributed by atoms with E-state index in [2.05, 4.69) is 10.2 Å². The van der Waals surface area contributed by atoms with Gasteiger partial charge in [-0.1, -0.05) is 0 Å². The summed E-state index contributed by atoms with van der Waals surface area (Å²) in [5, 5.41) is 11.7. The summed E-state index contributed by atoms with van der Waals surface area (Å²) >= 11 is 0. The molecule has 1 amide bonds. The number of nitrogens with one attached hydrogen (secondary N) is 1. The molecule has 1 heterocycles. The average Bonchev–Trinajstić information content (AvgIpc) is 2.58. The molecule has 1 fully saturated rings. The lowest BCUT2D eigenvalue weighted by Gasteiger charge is -2.34. The molecule has 1 N–H and O–H groups in total. The molecule has 1 aliphatic rings. The van der Waals surface area contributed by atoms with Crippen LogP contribution >= 0.6 is 0 Å². The van der Waals surface area contributed by atoms with E-state index in [-0.39, 0.29) is 17.3 Å². The molecule has 0 atom stereocenters. The summed E-state index contributed by atoms with van der Waals surface area (Å²) in [6.07, 6.45) is 2.79. The van der Waals surface area contributed by atoms with Crippen LogP contribution in [-0.2, 0) is 4.79 Å². The van der Waals surface area contributed by atoms with Crippen LogP contribution in [0.2, 0.25) is 0 Å². The lowest BCUT2D eigenvalue weighted by molar-refractivity contribution is -0.128. The lowest BCUT2D eigenvalue weighted by atomic mass is 10.0. The topological polar surface area (TPSA) is 59.4 Å². The molecular weight excluding hydrogens is 314 g/mol. The van der Waals surface area contributed by atoms with Gasteiger partial charge in [0.05, 0.1) is 5.69 Å². The number of likely N-dealkylation sites (tertiary alicyclic amines) is 1. The third-order valence-corrected chi connectivity index (χ3v) is 4.21. The zero-order valence-corrected chi connectivity index (χ0v) is 13.7. The zero-order chi connectivity index (χ0) is 17.7. The van der Waals surface area contributed by atoms with Crippen molar-refractivity contribution in [3.8, 4) is 6.07 Å². The summed E-state index contributed by atoms with van der Waals surface area (Å²) in [5.41, 5.74) is -0.280. The third kappa shape index (κ3) is 4.30. The second-order valence-electron chi connectivity index (χ2n) is 5.89. The Balaban J connectivity index is 2.08. The number of likely N-dealkylation sites (N-methyl/N-ethyl adjacent to an activating group) is 1. The number of nitriles is 1. The van der Waals surface area contributed by atoms with Crippen molar-refractivity contribution in [2.24, 2.45) is 0 Å². The number of amides is 1. The fraction of sp³-hybridized carbons (Fsp3) is 0.412. The molecule has 0 aromatic heterocycles. The average molecular weight is 334 g/mol. The minimum absolute atomic E-state index is 0.0661. The van der Waals surface area contributed by atoms with E-state index in [0.29, 0.717) is 0 Å². The summed E-state index contributed by atoms with van der Waals surface area (Å²) in [5.74, 6) is -1.71. The smallest absolute Gasteiger partial charge is 0.266 e. The van der Waals surface area contributed by atoms with Gasteiger partial charge < -0.3 is 15.1 Å². The number of nitrogens with zero attached hydrogens (tertiary/aromatic N) is 3. The highest BCUT2D eigenvalue weighted by atomic mass is 19.1. The van der Waals surface area contributed by atoms with Crippen LogP contribution in [0.4, 0.5) is 14.5 Å².